The third-order valence-electron chi connectivity index (χ3n) is 12.8. The van der Waals surface area contributed by atoms with Crippen LogP contribution in [0, 0.1) is 34.5 Å². The summed E-state index contributed by atoms with van der Waals surface area (Å²) in [6.45, 7) is 7.13. The third-order valence-corrected chi connectivity index (χ3v) is 15.0. The van der Waals surface area contributed by atoms with Gasteiger partial charge in [0.2, 0.25) is 34.1 Å². The Balaban J connectivity index is 1.38. The number of ether oxygens (including phenoxy) is 1. The molecule has 6 rings (SSSR count). The van der Waals surface area contributed by atoms with E-state index >= 15 is 8.78 Å². The second kappa shape index (κ2) is 16.8. The summed E-state index contributed by atoms with van der Waals surface area (Å²) in [5, 5.41) is 23.8. The molecule has 0 bridgehead atoms. The summed E-state index contributed by atoms with van der Waals surface area (Å²) in [6, 6.07) is 2.90. The first-order valence-electron chi connectivity index (χ1n) is 20.7. The highest BCUT2D eigenvalue weighted by atomic mass is 32.2. The maximum absolute atomic E-state index is 16.3. The molecule has 1 saturated heterocycles. The molecule has 2 aromatic rings. The summed E-state index contributed by atoms with van der Waals surface area (Å²) in [7, 11) is -4.34. The molecule has 4 N–H and O–H groups in total. The average Bonchev–Trinajstić information content (AvgIpc) is 4.06. The molecule has 61 heavy (non-hydrogen) atoms. The smallest absolute Gasteiger partial charge is 0.405 e. The monoisotopic (exact) mass is 879 g/mol. The number of sulfonamides is 1. The van der Waals surface area contributed by atoms with Crippen LogP contribution < -0.4 is 20.1 Å². The minimum atomic E-state index is -4.34. The van der Waals surface area contributed by atoms with Gasteiger partial charge in [0.15, 0.2) is 5.69 Å². The Labute approximate surface area is 351 Å². The van der Waals surface area contributed by atoms with Crippen molar-refractivity contribution in [1.29, 1.82) is 5.26 Å². The van der Waals surface area contributed by atoms with Gasteiger partial charge in [-0.3, -0.25) is 19.1 Å². The maximum Gasteiger partial charge on any atom is 0.405 e. The van der Waals surface area contributed by atoms with E-state index < -0.39 is 123 Å². The largest absolute Gasteiger partial charge is 0.471 e. The summed E-state index contributed by atoms with van der Waals surface area (Å²) in [5.41, 5.74) is -4.07. The van der Waals surface area contributed by atoms with Crippen LogP contribution in [0.25, 0.3) is 11.0 Å². The number of carboxylic acid groups (broad SMARTS) is 1. The number of aromatic nitrogens is 2. The number of carbonyl (C=O) groups is 4. The third kappa shape index (κ3) is 9.36. The highest BCUT2D eigenvalue weighted by Gasteiger charge is 2.68. The summed E-state index contributed by atoms with van der Waals surface area (Å²) < 4.78 is 94.2. The van der Waals surface area contributed by atoms with Crippen molar-refractivity contribution < 1.29 is 55.0 Å². The molecule has 1 aromatic heterocycles. The Bertz CT molecular complexity index is 2210. The van der Waals surface area contributed by atoms with E-state index in [1.54, 1.807) is 27.7 Å². The normalized spacial score (nSPS) is 25.3. The summed E-state index contributed by atoms with van der Waals surface area (Å²) in [6.07, 6.45) is -2.04. The number of halogens is 4. The van der Waals surface area contributed by atoms with Gasteiger partial charge in [-0.2, -0.15) is 14.0 Å². The Morgan fingerprint density at radius 2 is 1.79 bits per heavy atom. The highest BCUT2D eigenvalue weighted by Crippen LogP contribution is 2.50. The molecule has 4 amide bonds. The molecule has 2 heterocycles. The second-order valence-corrected chi connectivity index (χ2v) is 20.5. The molecule has 4 fully saturated rings. The van der Waals surface area contributed by atoms with Crippen molar-refractivity contribution in [2.24, 2.45) is 23.2 Å². The van der Waals surface area contributed by atoms with Crippen molar-refractivity contribution in [2.45, 2.75) is 146 Å². The Morgan fingerprint density at radius 3 is 2.33 bits per heavy atom. The number of hydrogen-bond donors (Lipinski definition) is 4. The minimum Gasteiger partial charge on any atom is -0.471 e. The van der Waals surface area contributed by atoms with Gasteiger partial charge in [-0.1, -0.05) is 59.8 Å². The van der Waals surface area contributed by atoms with Gasteiger partial charge >= 0.3 is 6.09 Å². The number of nitrogens with zero attached hydrogens (tertiary/aromatic N) is 4. The highest BCUT2D eigenvalue weighted by molar-refractivity contribution is 7.91. The number of amides is 4. The van der Waals surface area contributed by atoms with E-state index in [1.165, 1.54) is 25.1 Å². The molecule has 6 atom stereocenters. The van der Waals surface area contributed by atoms with Crippen LogP contribution in [0.5, 0.6) is 5.88 Å². The van der Waals surface area contributed by atoms with Crippen LogP contribution in [0.1, 0.15) is 117 Å². The fraction of sp³-hybridized carbons (Fsp3) is 0.683. The van der Waals surface area contributed by atoms with Gasteiger partial charge in [0.25, 0.3) is 11.8 Å². The first-order chi connectivity index (χ1) is 28.5. The molecule has 15 nitrogen and oxygen atoms in total. The van der Waals surface area contributed by atoms with Gasteiger partial charge in [0.1, 0.15) is 23.7 Å². The SMILES string of the molecule is CCC1C(Oc2nc3cc(C#N)ccc3nc2C(F)(F)CCCCC2CCC2)CN(C(=O)C(NC(=O)O)C(C)(C)C)C1C(=O)NC1(C(=O)NS(=O)(=O)C2(C)CC2)CC1C(F)F. The molecule has 4 aliphatic rings. The molecule has 0 radical (unpaired) electrons. The number of nitrogens with one attached hydrogen (secondary N) is 3. The van der Waals surface area contributed by atoms with E-state index in [-0.39, 0.29) is 42.3 Å². The van der Waals surface area contributed by atoms with Crippen molar-refractivity contribution >= 4 is 44.9 Å². The maximum atomic E-state index is 16.3. The Morgan fingerprint density at radius 1 is 1.10 bits per heavy atom. The number of alkyl halides is 4. The van der Waals surface area contributed by atoms with Crippen LogP contribution in [0.15, 0.2) is 18.2 Å². The van der Waals surface area contributed by atoms with E-state index in [0.717, 1.165) is 30.6 Å². The summed E-state index contributed by atoms with van der Waals surface area (Å²) >= 11 is 0. The number of nitriles is 1. The predicted octanol–water partition coefficient (Wildman–Crippen LogP) is 5.76. The number of carbonyl (C=O) groups excluding carboxylic acids is 3. The summed E-state index contributed by atoms with van der Waals surface area (Å²) in [5.74, 6) is -10.1. The lowest BCUT2D eigenvalue weighted by atomic mass is 9.81. The number of fused-ring (bicyclic) bond motifs is 1. The van der Waals surface area contributed by atoms with Gasteiger partial charge in [0.05, 0.1) is 39.9 Å². The van der Waals surface area contributed by atoms with E-state index in [4.69, 9.17) is 4.74 Å². The van der Waals surface area contributed by atoms with Crippen LogP contribution in [0.2, 0.25) is 0 Å². The molecule has 3 aliphatic carbocycles. The first kappa shape index (κ1) is 45.7. The zero-order valence-electron chi connectivity index (χ0n) is 34.8. The van der Waals surface area contributed by atoms with Crippen LogP contribution in [0.3, 0.4) is 0 Å². The second-order valence-electron chi connectivity index (χ2n) is 18.3. The fourth-order valence-electron chi connectivity index (χ4n) is 8.37. The van der Waals surface area contributed by atoms with Crippen LogP contribution in [-0.2, 0) is 30.3 Å². The van der Waals surface area contributed by atoms with Gasteiger partial charge in [-0.05, 0) is 68.6 Å². The van der Waals surface area contributed by atoms with Crippen molar-refractivity contribution in [2.75, 3.05) is 6.54 Å². The molecule has 20 heteroatoms. The molecule has 1 aliphatic heterocycles. The lowest BCUT2D eigenvalue weighted by Gasteiger charge is -2.35. The number of hydrogen-bond acceptors (Lipinski definition) is 10. The van der Waals surface area contributed by atoms with Crippen LogP contribution in [0.4, 0.5) is 22.4 Å². The lowest BCUT2D eigenvalue weighted by molar-refractivity contribution is -0.143. The average molecular weight is 880 g/mol. The van der Waals surface area contributed by atoms with Gasteiger partial charge in [-0.15, -0.1) is 0 Å². The van der Waals surface area contributed by atoms with Gasteiger partial charge < -0.3 is 25.4 Å². The zero-order chi connectivity index (χ0) is 44.9. The molecule has 3 saturated carbocycles. The Kier molecular flexibility index (Phi) is 12.6. The Hall–Kier alpha value is -4.80. The van der Waals surface area contributed by atoms with Crippen LogP contribution in [-0.4, -0.2) is 93.7 Å². The van der Waals surface area contributed by atoms with Crippen molar-refractivity contribution in [3.8, 4) is 11.9 Å². The summed E-state index contributed by atoms with van der Waals surface area (Å²) in [4.78, 5) is 64.3. The van der Waals surface area contributed by atoms with E-state index in [1.807, 2.05) is 10.8 Å². The van der Waals surface area contributed by atoms with Crippen molar-refractivity contribution in [3.05, 3.63) is 29.5 Å². The molecule has 6 unspecified atom stereocenters. The molecule has 1 aromatic carbocycles. The topological polar surface area (TPSA) is 221 Å². The number of rotatable bonds is 17. The fourth-order valence-corrected chi connectivity index (χ4v) is 9.68. The van der Waals surface area contributed by atoms with Gasteiger partial charge in [-0.25, -0.2) is 32.0 Å². The molecular weight excluding hydrogens is 827 g/mol. The van der Waals surface area contributed by atoms with Crippen LogP contribution >= 0.6 is 0 Å². The lowest BCUT2D eigenvalue weighted by Crippen LogP contribution is -2.61. The number of likely N-dealkylation sites (tertiary alicyclic amines) is 1. The van der Waals surface area contributed by atoms with E-state index in [2.05, 4.69) is 20.6 Å². The molecule has 334 valence electrons. The van der Waals surface area contributed by atoms with Crippen molar-refractivity contribution in [1.82, 2.24) is 30.2 Å². The molecular formula is C41H53F4N7O8S. The minimum absolute atomic E-state index is 0.00420. The van der Waals surface area contributed by atoms with E-state index in [9.17, 15) is 46.7 Å². The molecule has 0 spiro atoms. The van der Waals surface area contributed by atoms with E-state index in [0.29, 0.717) is 12.3 Å². The number of benzene rings is 1. The standard InChI is InChI=1S/C41H53F4N7O8S/c1-6-24-28(60-34-30(41(44,45)15-8-7-10-22-11-9-12-22)47-26-14-13-23(20-46)18-27(26)48-34)21-52(35(54)31(38(2,3)4)49-37(56)57)29(24)33(53)50-40(19-25(40)32(42)43)36(55)51-61(58,59)39(5)16-17-39/h13-14,18,22,24-25,28-29,31-32,49H,6-12,15-17,19,21H2,1-5H3,(H,50,53)(H,51,55)(H,56,57). The number of unbranched alkanes of at least 4 members (excludes halogenated alkanes) is 1. The predicted molar refractivity (Wildman–Crippen MR) is 212 cm³/mol. The quantitative estimate of drug-likeness (QED) is 0.111. The first-order valence-corrected chi connectivity index (χ1v) is 22.2. The zero-order valence-corrected chi connectivity index (χ0v) is 35.6. The van der Waals surface area contributed by atoms with Gasteiger partial charge in [0, 0.05) is 12.3 Å². The van der Waals surface area contributed by atoms with Crippen molar-refractivity contribution in [3.63, 3.8) is 0 Å².